The smallest absolute Gasteiger partial charge is 0.341 e. The van der Waals surface area contributed by atoms with Crippen LogP contribution in [-0.4, -0.2) is 25.7 Å². The van der Waals surface area contributed by atoms with E-state index in [1.54, 1.807) is 0 Å². The molecule has 0 saturated heterocycles. The number of benzene rings is 2. The summed E-state index contributed by atoms with van der Waals surface area (Å²) in [7, 11) is 1.43. The monoisotopic (exact) mass is 353 g/mol. The van der Waals surface area contributed by atoms with Crippen LogP contribution >= 0.6 is 0 Å². The Morgan fingerprint density at radius 3 is 2.73 bits per heavy atom. The quantitative estimate of drug-likeness (QED) is 0.767. The van der Waals surface area contributed by atoms with E-state index in [2.05, 4.69) is 18.3 Å². The van der Waals surface area contributed by atoms with Crippen molar-refractivity contribution in [2.75, 3.05) is 13.7 Å². The average molecular weight is 353 g/mol. The molecule has 0 amide bonds. The SMILES string of the molecule is CCCNC1CCc2c(ccc(OCc3ccccc3)c2C(=O)OC)C1. The van der Waals surface area contributed by atoms with Gasteiger partial charge in [-0.05, 0) is 55.0 Å². The fourth-order valence-electron chi connectivity index (χ4n) is 3.54. The van der Waals surface area contributed by atoms with E-state index in [1.165, 1.54) is 12.7 Å². The van der Waals surface area contributed by atoms with E-state index in [0.29, 0.717) is 24.0 Å². The highest BCUT2D eigenvalue weighted by Crippen LogP contribution is 2.32. The number of methoxy groups -OCH3 is 1. The zero-order valence-electron chi connectivity index (χ0n) is 15.6. The number of hydrogen-bond donors (Lipinski definition) is 1. The molecule has 0 heterocycles. The van der Waals surface area contributed by atoms with Gasteiger partial charge in [0.05, 0.1) is 7.11 Å². The fourth-order valence-corrected chi connectivity index (χ4v) is 3.54. The minimum Gasteiger partial charge on any atom is -0.488 e. The molecule has 1 N–H and O–H groups in total. The first-order valence-electron chi connectivity index (χ1n) is 9.36. The molecule has 0 radical (unpaired) electrons. The van der Waals surface area contributed by atoms with Gasteiger partial charge in [-0.25, -0.2) is 4.79 Å². The zero-order valence-corrected chi connectivity index (χ0v) is 15.6. The summed E-state index contributed by atoms with van der Waals surface area (Å²) in [4.78, 5) is 12.5. The molecule has 0 spiro atoms. The maximum atomic E-state index is 12.5. The third kappa shape index (κ3) is 4.25. The normalized spacial score (nSPS) is 16.0. The van der Waals surface area contributed by atoms with Crippen LogP contribution in [0.5, 0.6) is 5.75 Å². The van der Waals surface area contributed by atoms with Crippen molar-refractivity contribution in [2.45, 2.75) is 45.3 Å². The summed E-state index contributed by atoms with van der Waals surface area (Å²) in [6, 6.07) is 14.5. The molecule has 2 aromatic carbocycles. The molecule has 0 saturated carbocycles. The van der Waals surface area contributed by atoms with E-state index >= 15 is 0 Å². The fraction of sp³-hybridized carbons (Fsp3) is 0.409. The summed E-state index contributed by atoms with van der Waals surface area (Å²) in [5, 5.41) is 3.59. The Hall–Kier alpha value is -2.33. The van der Waals surface area contributed by atoms with Gasteiger partial charge >= 0.3 is 5.97 Å². The van der Waals surface area contributed by atoms with Crippen LogP contribution in [0.2, 0.25) is 0 Å². The van der Waals surface area contributed by atoms with Crippen molar-refractivity contribution in [3.05, 3.63) is 64.7 Å². The van der Waals surface area contributed by atoms with Crippen LogP contribution < -0.4 is 10.1 Å². The predicted octanol–water partition coefficient (Wildman–Crippen LogP) is 3.91. The minimum absolute atomic E-state index is 0.315. The van der Waals surface area contributed by atoms with Gasteiger partial charge in [0.1, 0.15) is 17.9 Å². The van der Waals surface area contributed by atoms with Gasteiger partial charge in [0.25, 0.3) is 0 Å². The summed E-state index contributed by atoms with van der Waals surface area (Å²) in [5.41, 5.74) is 3.97. The first kappa shape index (κ1) is 18.5. The first-order chi connectivity index (χ1) is 12.7. The predicted molar refractivity (Wildman–Crippen MR) is 103 cm³/mol. The van der Waals surface area contributed by atoms with Gasteiger partial charge < -0.3 is 14.8 Å². The number of ether oxygens (including phenoxy) is 2. The number of carbonyl (C=O) groups excluding carboxylic acids is 1. The molecule has 0 aliphatic heterocycles. The maximum absolute atomic E-state index is 12.5. The summed E-state index contributed by atoms with van der Waals surface area (Å²) >= 11 is 0. The standard InChI is InChI=1S/C22H27NO3/c1-3-13-23-18-10-11-19-17(14-18)9-12-20(21(19)22(24)25-2)26-15-16-7-5-4-6-8-16/h4-9,12,18,23H,3,10-11,13-15H2,1-2H3. The molecule has 26 heavy (non-hydrogen) atoms. The van der Waals surface area contributed by atoms with Crippen LogP contribution in [0.3, 0.4) is 0 Å². The Labute approximate surface area is 155 Å². The Morgan fingerprint density at radius 1 is 1.19 bits per heavy atom. The molecule has 3 rings (SSSR count). The van der Waals surface area contributed by atoms with Crippen molar-refractivity contribution in [3.63, 3.8) is 0 Å². The van der Waals surface area contributed by atoms with Gasteiger partial charge in [0.15, 0.2) is 0 Å². The Kier molecular flexibility index (Phi) is 6.29. The maximum Gasteiger partial charge on any atom is 0.341 e. The molecule has 1 atom stereocenters. The first-order valence-corrected chi connectivity index (χ1v) is 9.36. The lowest BCUT2D eigenvalue weighted by molar-refractivity contribution is 0.0593. The second-order valence-electron chi connectivity index (χ2n) is 6.74. The third-order valence-corrected chi connectivity index (χ3v) is 4.89. The molecule has 4 nitrogen and oxygen atoms in total. The van der Waals surface area contributed by atoms with Gasteiger partial charge in [-0.2, -0.15) is 0 Å². The lowest BCUT2D eigenvalue weighted by Crippen LogP contribution is -2.35. The van der Waals surface area contributed by atoms with Crippen LogP contribution in [0.4, 0.5) is 0 Å². The van der Waals surface area contributed by atoms with Crippen molar-refractivity contribution in [2.24, 2.45) is 0 Å². The largest absolute Gasteiger partial charge is 0.488 e. The molecule has 4 heteroatoms. The second kappa shape index (κ2) is 8.86. The van der Waals surface area contributed by atoms with Gasteiger partial charge in [0, 0.05) is 6.04 Å². The highest BCUT2D eigenvalue weighted by Gasteiger charge is 2.26. The van der Waals surface area contributed by atoms with Crippen molar-refractivity contribution < 1.29 is 14.3 Å². The molecule has 1 aliphatic rings. The Balaban J connectivity index is 1.83. The number of hydrogen-bond acceptors (Lipinski definition) is 4. The van der Waals surface area contributed by atoms with Crippen molar-refractivity contribution in [1.29, 1.82) is 0 Å². The molecular weight excluding hydrogens is 326 g/mol. The highest BCUT2D eigenvalue weighted by molar-refractivity contribution is 5.94. The number of nitrogens with one attached hydrogen (secondary N) is 1. The summed E-state index contributed by atoms with van der Waals surface area (Å²) in [6.07, 6.45) is 3.96. The van der Waals surface area contributed by atoms with E-state index in [-0.39, 0.29) is 5.97 Å². The van der Waals surface area contributed by atoms with E-state index in [0.717, 1.165) is 43.4 Å². The second-order valence-corrected chi connectivity index (χ2v) is 6.74. The molecule has 0 aromatic heterocycles. The summed E-state index contributed by atoms with van der Waals surface area (Å²) in [6.45, 7) is 3.64. The van der Waals surface area contributed by atoms with Gasteiger partial charge in [-0.15, -0.1) is 0 Å². The van der Waals surface area contributed by atoms with Crippen molar-refractivity contribution in [1.82, 2.24) is 5.32 Å². The topological polar surface area (TPSA) is 47.6 Å². The van der Waals surface area contributed by atoms with Crippen molar-refractivity contribution in [3.8, 4) is 5.75 Å². The van der Waals surface area contributed by atoms with Crippen LogP contribution in [0.25, 0.3) is 0 Å². The molecule has 0 bridgehead atoms. The molecule has 138 valence electrons. The number of esters is 1. The van der Waals surface area contributed by atoms with Crippen LogP contribution in [-0.2, 0) is 24.2 Å². The minimum atomic E-state index is -0.315. The molecule has 2 aromatic rings. The van der Waals surface area contributed by atoms with Gasteiger partial charge in [-0.1, -0.05) is 43.3 Å². The highest BCUT2D eigenvalue weighted by atomic mass is 16.5. The van der Waals surface area contributed by atoms with E-state index in [9.17, 15) is 4.79 Å². The van der Waals surface area contributed by atoms with Crippen LogP contribution in [0, 0.1) is 0 Å². The average Bonchev–Trinajstić information content (AvgIpc) is 2.70. The van der Waals surface area contributed by atoms with Gasteiger partial charge in [0.2, 0.25) is 0 Å². The van der Waals surface area contributed by atoms with Crippen LogP contribution in [0.1, 0.15) is 46.8 Å². The van der Waals surface area contributed by atoms with E-state index in [1.807, 2.05) is 36.4 Å². The molecule has 0 fully saturated rings. The lowest BCUT2D eigenvalue weighted by atomic mass is 9.85. The third-order valence-electron chi connectivity index (χ3n) is 4.89. The zero-order chi connectivity index (χ0) is 18.4. The van der Waals surface area contributed by atoms with Crippen molar-refractivity contribution >= 4 is 5.97 Å². The number of carbonyl (C=O) groups is 1. The van der Waals surface area contributed by atoms with E-state index in [4.69, 9.17) is 9.47 Å². The molecule has 1 unspecified atom stereocenters. The number of rotatable bonds is 7. The summed E-state index contributed by atoms with van der Waals surface area (Å²) < 4.78 is 11.0. The molecular formula is C22H27NO3. The van der Waals surface area contributed by atoms with Gasteiger partial charge in [-0.3, -0.25) is 0 Å². The van der Waals surface area contributed by atoms with E-state index < -0.39 is 0 Å². The van der Waals surface area contributed by atoms with Crippen LogP contribution in [0.15, 0.2) is 42.5 Å². The summed E-state index contributed by atoms with van der Waals surface area (Å²) in [5.74, 6) is 0.296. The lowest BCUT2D eigenvalue weighted by Gasteiger charge is -2.27. The molecule has 1 aliphatic carbocycles. The number of fused-ring (bicyclic) bond motifs is 1. The Morgan fingerprint density at radius 2 is 2.00 bits per heavy atom. The Bertz CT molecular complexity index is 743.